The maximum atomic E-state index is 6.40. The lowest BCUT2D eigenvalue weighted by atomic mass is 10.00. The Labute approximate surface area is 232 Å². The Kier molecular flexibility index (Phi) is 8.06. The first-order valence-electron chi connectivity index (χ1n) is 13.1. The second-order valence-electron chi connectivity index (χ2n) is 13.4. The van der Waals surface area contributed by atoms with Gasteiger partial charge in [0.15, 0.2) is 0 Å². The van der Waals surface area contributed by atoms with Crippen LogP contribution >= 0.6 is 0 Å². The third kappa shape index (κ3) is 9.26. The predicted molar refractivity (Wildman–Crippen MR) is 154 cm³/mol. The minimum atomic E-state index is -0.504. The lowest BCUT2D eigenvalue weighted by Gasteiger charge is -2.25. The number of rotatable bonds is 6. The largest absolute Gasteiger partial charge is 0.471 e. The number of ether oxygens (including phenoxy) is 4. The zero-order chi connectivity index (χ0) is 29.4. The van der Waals surface area contributed by atoms with E-state index in [2.05, 4.69) is 19.9 Å². The van der Waals surface area contributed by atoms with E-state index in [1.807, 2.05) is 101 Å². The van der Waals surface area contributed by atoms with Gasteiger partial charge in [-0.05, 0) is 112 Å². The number of hydrogen-bond acceptors (Lipinski definition) is 9. The van der Waals surface area contributed by atoms with Crippen molar-refractivity contribution in [2.24, 2.45) is 0 Å². The number of anilines is 1. The summed E-state index contributed by atoms with van der Waals surface area (Å²) in [6, 6.07) is 6.14. The number of nitrogen functional groups attached to an aromatic ring is 1. The van der Waals surface area contributed by atoms with Crippen molar-refractivity contribution >= 4 is 5.69 Å². The van der Waals surface area contributed by atoms with Gasteiger partial charge in [-0.3, -0.25) is 0 Å². The molecular formula is C30H43N5O4. The fourth-order valence-electron chi connectivity index (χ4n) is 3.44. The van der Waals surface area contributed by atoms with Crippen LogP contribution in [-0.4, -0.2) is 42.3 Å². The first kappa shape index (κ1) is 29.9. The molecule has 0 unspecified atom stereocenters. The average molecular weight is 538 g/mol. The van der Waals surface area contributed by atoms with Crippen LogP contribution < -0.4 is 24.7 Å². The molecule has 0 radical (unpaired) electrons. The molecule has 39 heavy (non-hydrogen) atoms. The van der Waals surface area contributed by atoms with Crippen LogP contribution in [0.15, 0.2) is 30.6 Å². The zero-order valence-electron chi connectivity index (χ0n) is 25.4. The summed E-state index contributed by atoms with van der Waals surface area (Å²) in [7, 11) is 0. The minimum absolute atomic E-state index is 0.235. The summed E-state index contributed by atoms with van der Waals surface area (Å²) in [5.74, 6) is 0.786. The average Bonchev–Trinajstić information content (AvgIpc) is 2.69. The van der Waals surface area contributed by atoms with E-state index in [4.69, 9.17) is 24.7 Å². The Morgan fingerprint density at radius 1 is 0.513 bits per heavy atom. The predicted octanol–water partition coefficient (Wildman–Crippen LogP) is 6.89. The molecule has 2 N–H and O–H groups in total. The summed E-state index contributed by atoms with van der Waals surface area (Å²) in [5.41, 5.74) is 7.89. The molecule has 0 saturated carbocycles. The van der Waals surface area contributed by atoms with Gasteiger partial charge < -0.3 is 24.7 Å². The monoisotopic (exact) mass is 537 g/mol. The molecule has 0 atom stereocenters. The molecule has 0 aliphatic carbocycles. The smallest absolute Gasteiger partial charge is 0.320 e. The molecule has 2 aromatic heterocycles. The van der Waals surface area contributed by atoms with Gasteiger partial charge in [0.25, 0.3) is 0 Å². The quantitative estimate of drug-likeness (QED) is 0.335. The van der Waals surface area contributed by atoms with Gasteiger partial charge in [-0.1, -0.05) is 0 Å². The van der Waals surface area contributed by atoms with Crippen LogP contribution in [0.1, 0.15) is 83.1 Å². The van der Waals surface area contributed by atoms with Gasteiger partial charge in [-0.15, -0.1) is 0 Å². The van der Waals surface area contributed by atoms with Gasteiger partial charge in [-0.2, -0.15) is 9.97 Å². The van der Waals surface area contributed by atoms with Crippen LogP contribution in [0, 0.1) is 0 Å². The Bertz CT molecular complexity index is 1220. The molecule has 0 saturated heterocycles. The van der Waals surface area contributed by atoms with Crippen molar-refractivity contribution in [2.75, 3.05) is 5.73 Å². The number of aromatic nitrogens is 4. The second-order valence-corrected chi connectivity index (χ2v) is 13.4. The Balaban J connectivity index is 2.16. The van der Waals surface area contributed by atoms with E-state index in [9.17, 15) is 0 Å². The molecule has 2 heterocycles. The van der Waals surface area contributed by atoms with Crippen molar-refractivity contribution in [1.29, 1.82) is 0 Å². The molecule has 0 spiro atoms. The molecule has 3 aromatic rings. The van der Waals surface area contributed by atoms with Crippen LogP contribution in [0.25, 0.3) is 22.3 Å². The summed E-state index contributed by atoms with van der Waals surface area (Å²) in [6.45, 7) is 23.4. The Hall–Kier alpha value is -3.62. The van der Waals surface area contributed by atoms with Crippen LogP contribution in [0.4, 0.5) is 5.69 Å². The van der Waals surface area contributed by atoms with E-state index < -0.39 is 22.4 Å². The molecule has 0 aliphatic heterocycles. The maximum Gasteiger partial charge on any atom is 0.320 e. The molecule has 1 aromatic carbocycles. The molecule has 9 nitrogen and oxygen atoms in total. The van der Waals surface area contributed by atoms with E-state index in [0.717, 1.165) is 11.1 Å². The van der Waals surface area contributed by atoms with E-state index in [0.29, 0.717) is 28.6 Å². The minimum Gasteiger partial charge on any atom is -0.471 e. The van der Waals surface area contributed by atoms with Crippen molar-refractivity contribution in [3.8, 4) is 46.0 Å². The maximum absolute atomic E-state index is 6.40. The first-order valence-corrected chi connectivity index (χ1v) is 13.1. The Morgan fingerprint density at radius 2 is 0.846 bits per heavy atom. The highest BCUT2D eigenvalue weighted by molar-refractivity contribution is 5.80. The van der Waals surface area contributed by atoms with Crippen molar-refractivity contribution < 1.29 is 18.9 Å². The standard InChI is InChI=1S/C30H43N5O4/c1-27(2,3)36-23-21(16-32-25(34-23)38-29(7,8)9)18-13-19(15-20(31)14-18)22-17-33-26(39-30(10,11)12)35-24(22)37-28(4,5)6/h13-17H,31H2,1-12H3. The highest BCUT2D eigenvalue weighted by Gasteiger charge is 2.24. The highest BCUT2D eigenvalue weighted by Crippen LogP contribution is 2.38. The van der Waals surface area contributed by atoms with Gasteiger partial charge >= 0.3 is 12.0 Å². The van der Waals surface area contributed by atoms with E-state index in [1.54, 1.807) is 12.4 Å². The molecule has 0 bridgehead atoms. The van der Waals surface area contributed by atoms with Gasteiger partial charge in [0.2, 0.25) is 11.8 Å². The summed E-state index contributed by atoms with van der Waals surface area (Å²) < 4.78 is 24.3. The van der Waals surface area contributed by atoms with E-state index in [1.165, 1.54) is 0 Å². The summed E-state index contributed by atoms with van der Waals surface area (Å²) in [6.07, 6.45) is 3.38. The molecule has 3 rings (SSSR count). The van der Waals surface area contributed by atoms with Gasteiger partial charge in [-0.25, -0.2) is 9.97 Å². The molecule has 9 heteroatoms. The Morgan fingerprint density at radius 3 is 1.15 bits per heavy atom. The molecule has 0 amide bonds. The number of hydrogen-bond donors (Lipinski definition) is 1. The first-order chi connectivity index (χ1) is 17.7. The van der Waals surface area contributed by atoms with Gasteiger partial charge in [0.05, 0.1) is 11.1 Å². The lowest BCUT2D eigenvalue weighted by molar-refractivity contribution is 0.102. The van der Waals surface area contributed by atoms with Crippen LogP contribution in [0.5, 0.6) is 23.8 Å². The van der Waals surface area contributed by atoms with Crippen molar-refractivity contribution in [1.82, 2.24) is 19.9 Å². The van der Waals surface area contributed by atoms with Gasteiger partial charge in [0.1, 0.15) is 22.4 Å². The molecule has 0 aliphatic rings. The van der Waals surface area contributed by atoms with Crippen LogP contribution in [0.3, 0.4) is 0 Å². The molecule has 212 valence electrons. The fourth-order valence-corrected chi connectivity index (χ4v) is 3.44. The number of nitrogens with zero attached hydrogens (tertiary/aromatic N) is 4. The molecule has 0 fully saturated rings. The number of benzene rings is 1. The number of nitrogens with two attached hydrogens (primary N) is 1. The third-order valence-electron chi connectivity index (χ3n) is 4.64. The van der Waals surface area contributed by atoms with Crippen LogP contribution in [0.2, 0.25) is 0 Å². The topological polar surface area (TPSA) is 115 Å². The SMILES string of the molecule is CC(C)(C)Oc1ncc(-c2cc(N)cc(-c3cnc(OC(C)(C)C)nc3OC(C)(C)C)c2)c(OC(C)(C)C)n1. The van der Waals surface area contributed by atoms with Gasteiger partial charge in [0, 0.05) is 18.1 Å². The van der Waals surface area contributed by atoms with E-state index in [-0.39, 0.29) is 12.0 Å². The highest BCUT2D eigenvalue weighted by atomic mass is 16.5. The summed E-state index contributed by atoms with van der Waals surface area (Å²) >= 11 is 0. The second kappa shape index (κ2) is 10.5. The third-order valence-corrected chi connectivity index (χ3v) is 4.64. The lowest BCUT2D eigenvalue weighted by Crippen LogP contribution is -2.26. The summed E-state index contributed by atoms with van der Waals surface area (Å²) in [4.78, 5) is 18.1. The normalized spacial score (nSPS) is 12.7. The van der Waals surface area contributed by atoms with Crippen molar-refractivity contribution in [3.63, 3.8) is 0 Å². The molecular weight excluding hydrogens is 494 g/mol. The summed E-state index contributed by atoms with van der Waals surface area (Å²) in [5, 5.41) is 0. The van der Waals surface area contributed by atoms with E-state index >= 15 is 0 Å². The zero-order valence-corrected chi connectivity index (χ0v) is 25.4. The van der Waals surface area contributed by atoms with Crippen LogP contribution in [-0.2, 0) is 0 Å². The fraction of sp³-hybridized carbons (Fsp3) is 0.533. The van der Waals surface area contributed by atoms with Crippen molar-refractivity contribution in [3.05, 3.63) is 30.6 Å². The van der Waals surface area contributed by atoms with Crippen molar-refractivity contribution in [2.45, 2.75) is 105 Å².